The second-order valence-corrected chi connectivity index (χ2v) is 4.36. The largest absolute Gasteiger partial charge is 0.262 e. The Labute approximate surface area is 104 Å². The number of halogens is 2. The first kappa shape index (κ1) is 11.4. The third kappa shape index (κ3) is 2.20. The van der Waals surface area contributed by atoms with Gasteiger partial charge in [0.2, 0.25) is 0 Å². The second-order valence-electron chi connectivity index (χ2n) is 3.59. The minimum Gasteiger partial charge on any atom is -0.262 e. The fourth-order valence-electron chi connectivity index (χ4n) is 1.52. The van der Waals surface area contributed by atoms with Crippen LogP contribution in [0.5, 0.6) is 0 Å². The van der Waals surface area contributed by atoms with E-state index in [4.69, 9.17) is 23.2 Å². The lowest BCUT2D eigenvalue weighted by Gasteiger charge is -2.03. The van der Waals surface area contributed by atoms with Crippen molar-refractivity contribution in [3.63, 3.8) is 0 Å². The Balaban J connectivity index is 2.30. The monoisotopic (exact) mass is 255 g/mol. The molecule has 3 nitrogen and oxygen atoms in total. The van der Waals surface area contributed by atoms with E-state index < -0.39 is 0 Å². The molecule has 0 atom stereocenters. The van der Waals surface area contributed by atoms with Crippen molar-refractivity contribution < 1.29 is 0 Å². The van der Waals surface area contributed by atoms with Crippen LogP contribution in [0.2, 0.25) is 10.2 Å². The highest BCUT2D eigenvalue weighted by Gasteiger charge is 2.09. The smallest absolute Gasteiger partial charge is 0.129 e. The first-order chi connectivity index (χ1) is 7.58. The molecule has 5 heteroatoms. The van der Waals surface area contributed by atoms with E-state index in [-0.39, 0.29) is 0 Å². The first-order valence-corrected chi connectivity index (χ1v) is 5.64. The zero-order valence-electron chi connectivity index (χ0n) is 9.04. The van der Waals surface area contributed by atoms with Crippen molar-refractivity contribution in [3.8, 4) is 0 Å². The molecule has 0 unspecified atom stereocenters. The summed E-state index contributed by atoms with van der Waals surface area (Å²) >= 11 is 11.9. The van der Waals surface area contributed by atoms with Gasteiger partial charge in [0.25, 0.3) is 0 Å². The van der Waals surface area contributed by atoms with Crippen molar-refractivity contribution in [2.24, 2.45) is 0 Å². The molecule has 0 aliphatic carbocycles. The Kier molecular flexibility index (Phi) is 3.17. The van der Waals surface area contributed by atoms with E-state index in [9.17, 15) is 0 Å². The van der Waals surface area contributed by atoms with Gasteiger partial charge in [-0.25, -0.2) is 4.98 Å². The summed E-state index contributed by atoms with van der Waals surface area (Å²) in [7, 11) is 0. The van der Waals surface area contributed by atoms with E-state index >= 15 is 0 Å². The normalized spacial score (nSPS) is 10.8. The number of pyridine rings is 1. The maximum Gasteiger partial charge on any atom is 0.129 e. The van der Waals surface area contributed by atoms with Gasteiger partial charge in [-0.15, -0.1) is 0 Å². The van der Waals surface area contributed by atoms with Crippen LogP contribution in [0.3, 0.4) is 0 Å². The summed E-state index contributed by atoms with van der Waals surface area (Å²) in [6, 6.07) is 5.54. The standard InChI is InChI=1S/C11H11Cl2N3/c1-7-11(13)8(2)16(15-7)6-9-4-3-5-10(12)14-9/h3-5H,6H2,1-2H3. The number of aromatic nitrogens is 3. The molecule has 0 N–H and O–H groups in total. The van der Waals surface area contributed by atoms with Gasteiger partial charge in [0.05, 0.1) is 28.6 Å². The quantitative estimate of drug-likeness (QED) is 0.772. The predicted octanol–water partition coefficient (Wildman–Crippen LogP) is 3.25. The van der Waals surface area contributed by atoms with Crippen LogP contribution in [-0.4, -0.2) is 14.8 Å². The average Bonchev–Trinajstić information content (AvgIpc) is 2.47. The lowest BCUT2D eigenvalue weighted by atomic mass is 10.3. The van der Waals surface area contributed by atoms with Gasteiger partial charge in [-0.2, -0.15) is 5.10 Å². The van der Waals surface area contributed by atoms with Crippen LogP contribution in [0.1, 0.15) is 17.1 Å². The van der Waals surface area contributed by atoms with Crippen LogP contribution in [0.15, 0.2) is 18.2 Å². The third-order valence-corrected chi connectivity index (χ3v) is 3.14. The molecule has 2 heterocycles. The Morgan fingerprint density at radius 1 is 1.25 bits per heavy atom. The van der Waals surface area contributed by atoms with Crippen molar-refractivity contribution in [2.45, 2.75) is 20.4 Å². The molecule has 0 aliphatic heterocycles. The molecule has 0 aliphatic rings. The summed E-state index contributed by atoms with van der Waals surface area (Å²) in [5.74, 6) is 0. The average molecular weight is 256 g/mol. The van der Waals surface area contributed by atoms with Crippen molar-refractivity contribution >= 4 is 23.2 Å². The van der Waals surface area contributed by atoms with Gasteiger partial charge < -0.3 is 0 Å². The molecule has 0 saturated heterocycles. The lowest BCUT2D eigenvalue weighted by Crippen LogP contribution is -2.05. The van der Waals surface area contributed by atoms with Crippen molar-refractivity contribution in [1.29, 1.82) is 0 Å². The molecule has 0 spiro atoms. The molecule has 2 aromatic rings. The molecule has 0 saturated carbocycles. The van der Waals surface area contributed by atoms with Gasteiger partial charge in [-0.3, -0.25) is 4.68 Å². The molecular formula is C11H11Cl2N3. The summed E-state index contributed by atoms with van der Waals surface area (Å²) in [5, 5.41) is 5.54. The summed E-state index contributed by atoms with van der Waals surface area (Å²) in [6.45, 7) is 4.41. The molecule has 0 aromatic carbocycles. The zero-order valence-corrected chi connectivity index (χ0v) is 10.5. The van der Waals surface area contributed by atoms with Gasteiger partial charge in [0.1, 0.15) is 5.15 Å². The predicted molar refractivity (Wildman–Crippen MR) is 65.1 cm³/mol. The fourth-order valence-corrected chi connectivity index (χ4v) is 1.84. The van der Waals surface area contributed by atoms with Gasteiger partial charge in [0.15, 0.2) is 0 Å². The minimum atomic E-state index is 0.491. The Morgan fingerprint density at radius 3 is 2.56 bits per heavy atom. The number of rotatable bonds is 2. The zero-order chi connectivity index (χ0) is 11.7. The number of hydrogen-bond acceptors (Lipinski definition) is 2. The van der Waals surface area contributed by atoms with Gasteiger partial charge in [0, 0.05) is 0 Å². The highest BCUT2D eigenvalue weighted by atomic mass is 35.5. The van der Waals surface area contributed by atoms with Gasteiger partial charge in [-0.05, 0) is 26.0 Å². The van der Waals surface area contributed by atoms with Crippen molar-refractivity contribution in [3.05, 3.63) is 45.5 Å². The summed E-state index contributed by atoms with van der Waals surface area (Å²) < 4.78 is 1.83. The van der Waals surface area contributed by atoms with Crippen LogP contribution in [0, 0.1) is 13.8 Å². The van der Waals surface area contributed by atoms with E-state index in [1.165, 1.54) is 0 Å². The molecule has 0 radical (unpaired) electrons. The fraction of sp³-hybridized carbons (Fsp3) is 0.273. The van der Waals surface area contributed by atoms with E-state index in [0.29, 0.717) is 16.7 Å². The highest BCUT2D eigenvalue weighted by Crippen LogP contribution is 2.19. The molecule has 0 fully saturated rings. The maximum absolute atomic E-state index is 6.07. The van der Waals surface area contributed by atoms with E-state index in [1.807, 2.05) is 30.7 Å². The van der Waals surface area contributed by atoms with Crippen LogP contribution < -0.4 is 0 Å². The molecular weight excluding hydrogens is 245 g/mol. The van der Waals surface area contributed by atoms with Gasteiger partial charge >= 0.3 is 0 Å². The third-order valence-electron chi connectivity index (χ3n) is 2.38. The number of aryl methyl sites for hydroxylation is 1. The topological polar surface area (TPSA) is 30.7 Å². The number of nitrogens with zero attached hydrogens (tertiary/aromatic N) is 3. The minimum absolute atomic E-state index is 0.491. The van der Waals surface area contributed by atoms with Crippen molar-refractivity contribution in [1.82, 2.24) is 14.8 Å². The van der Waals surface area contributed by atoms with Gasteiger partial charge in [-0.1, -0.05) is 29.3 Å². The molecule has 16 heavy (non-hydrogen) atoms. The summed E-state index contributed by atoms with van der Waals surface area (Å²) in [6.07, 6.45) is 0. The van der Waals surface area contributed by atoms with E-state index in [2.05, 4.69) is 10.1 Å². The first-order valence-electron chi connectivity index (χ1n) is 4.89. The number of hydrogen-bond donors (Lipinski definition) is 0. The van der Waals surface area contributed by atoms with E-state index in [0.717, 1.165) is 17.1 Å². The maximum atomic E-state index is 6.07. The van der Waals surface area contributed by atoms with E-state index in [1.54, 1.807) is 6.07 Å². The second kappa shape index (κ2) is 4.44. The van der Waals surface area contributed by atoms with Crippen LogP contribution in [-0.2, 0) is 6.54 Å². The molecule has 84 valence electrons. The van der Waals surface area contributed by atoms with Crippen LogP contribution in [0.4, 0.5) is 0 Å². The Morgan fingerprint density at radius 2 is 2.00 bits per heavy atom. The summed E-state index contributed by atoms with van der Waals surface area (Å²) in [4.78, 5) is 4.21. The molecule has 0 amide bonds. The van der Waals surface area contributed by atoms with Crippen LogP contribution in [0.25, 0.3) is 0 Å². The Bertz CT molecular complexity index is 520. The molecule has 2 rings (SSSR count). The van der Waals surface area contributed by atoms with Crippen molar-refractivity contribution in [2.75, 3.05) is 0 Å². The molecule has 0 bridgehead atoms. The van der Waals surface area contributed by atoms with Crippen LogP contribution >= 0.6 is 23.2 Å². The highest BCUT2D eigenvalue weighted by molar-refractivity contribution is 6.31. The summed E-state index contributed by atoms with van der Waals surface area (Å²) in [5.41, 5.74) is 2.65. The lowest BCUT2D eigenvalue weighted by molar-refractivity contribution is 0.647. The SMILES string of the molecule is Cc1nn(Cc2cccc(Cl)n2)c(C)c1Cl. The Hall–Kier alpha value is -1.06. The molecule has 2 aromatic heterocycles.